The average molecular weight is 398 g/mol. The highest BCUT2D eigenvalue weighted by Gasteiger charge is 2.36. The van der Waals surface area contributed by atoms with Crippen LogP contribution in [0.1, 0.15) is 31.2 Å². The molecule has 1 fully saturated rings. The first kappa shape index (κ1) is 15.2. The molecule has 0 aromatic heterocycles. The number of benzene rings is 1. The summed E-state index contributed by atoms with van der Waals surface area (Å²) in [4.78, 5) is 0. The normalized spacial score (nSPS) is 22.2. The Kier molecular flexibility index (Phi) is 5.23. The van der Waals surface area contributed by atoms with E-state index in [2.05, 4.69) is 31.9 Å². The van der Waals surface area contributed by atoms with Crippen LogP contribution in [-0.4, -0.2) is 12.5 Å². The van der Waals surface area contributed by atoms with Crippen molar-refractivity contribution in [2.24, 2.45) is 5.92 Å². The minimum atomic E-state index is -2.52. The van der Waals surface area contributed by atoms with Gasteiger partial charge in [-0.15, -0.1) is 0 Å². The molecule has 1 nitrogen and oxygen atoms in total. The Morgan fingerprint density at radius 2 is 2.16 bits per heavy atom. The number of rotatable bonds is 4. The monoisotopic (exact) mass is 396 g/mol. The first-order valence-corrected chi connectivity index (χ1v) is 8.27. The molecule has 2 rings (SSSR count). The van der Waals surface area contributed by atoms with Gasteiger partial charge in [0, 0.05) is 23.7 Å². The Labute approximate surface area is 129 Å². The maximum absolute atomic E-state index is 13.3. The summed E-state index contributed by atoms with van der Waals surface area (Å²) in [5.74, 6) is -1.81. The highest BCUT2D eigenvalue weighted by molar-refractivity contribution is 9.10. The fraction of sp³-hybridized carbons (Fsp3) is 0.571. The molecule has 19 heavy (non-hydrogen) atoms. The van der Waals surface area contributed by atoms with E-state index in [0.717, 1.165) is 22.2 Å². The van der Waals surface area contributed by atoms with Crippen molar-refractivity contribution in [1.29, 1.82) is 0 Å². The molecule has 0 heterocycles. The molecular formula is C14H16Br2F2O. The Balaban J connectivity index is 1.99. The van der Waals surface area contributed by atoms with Gasteiger partial charge in [-0.25, -0.2) is 8.78 Å². The second-order valence-electron chi connectivity index (χ2n) is 4.99. The van der Waals surface area contributed by atoms with Crippen molar-refractivity contribution in [3.63, 3.8) is 0 Å². The number of halogens is 4. The van der Waals surface area contributed by atoms with E-state index >= 15 is 0 Å². The summed E-state index contributed by atoms with van der Waals surface area (Å²) in [7, 11) is 0. The van der Waals surface area contributed by atoms with Crippen LogP contribution in [-0.2, 0) is 5.33 Å². The van der Waals surface area contributed by atoms with Gasteiger partial charge in [0.15, 0.2) is 0 Å². The van der Waals surface area contributed by atoms with Gasteiger partial charge >= 0.3 is 0 Å². The van der Waals surface area contributed by atoms with Crippen molar-refractivity contribution in [3.05, 3.63) is 28.2 Å². The maximum atomic E-state index is 13.3. The first-order valence-electron chi connectivity index (χ1n) is 6.36. The second-order valence-corrected chi connectivity index (χ2v) is 6.41. The van der Waals surface area contributed by atoms with E-state index in [1.54, 1.807) is 0 Å². The quantitative estimate of drug-likeness (QED) is 0.605. The van der Waals surface area contributed by atoms with Gasteiger partial charge in [-0.1, -0.05) is 28.1 Å². The van der Waals surface area contributed by atoms with Crippen LogP contribution >= 0.6 is 31.9 Å². The molecule has 0 amide bonds. The zero-order chi connectivity index (χ0) is 13.9. The third kappa shape index (κ3) is 4.15. The molecule has 1 aliphatic carbocycles. The fourth-order valence-corrected chi connectivity index (χ4v) is 3.40. The summed E-state index contributed by atoms with van der Waals surface area (Å²) >= 11 is 6.85. The van der Waals surface area contributed by atoms with Crippen molar-refractivity contribution in [3.8, 4) is 5.75 Å². The predicted octanol–water partition coefficient (Wildman–Crippen LogP) is 5.55. The molecule has 1 aromatic rings. The minimum absolute atomic E-state index is 0.0190. The number of ether oxygens (including phenoxy) is 1. The zero-order valence-corrected chi connectivity index (χ0v) is 13.6. The van der Waals surface area contributed by atoms with Crippen molar-refractivity contribution in [1.82, 2.24) is 0 Å². The lowest BCUT2D eigenvalue weighted by Gasteiger charge is -2.29. The summed E-state index contributed by atoms with van der Waals surface area (Å²) in [6.07, 6.45) is 1.37. The van der Waals surface area contributed by atoms with Crippen molar-refractivity contribution in [2.45, 2.75) is 36.9 Å². The van der Waals surface area contributed by atoms with Gasteiger partial charge in [0.2, 0.25) is 5.92 Å². The van der Waals surface area contributed by atoms with E-state index in [0.29, 0.717) is 18.4 Å². The summed E-state index contributed by atoms with van der Waals surface area (Å²) in [5, 5.41) is 0.683. The van der Waals surface area contributed by atoms with Gasteiger partial charge in [-0.05, 0) is 40.8 Å². The van der Waals surface area contributed by atoms with Gasteiger partial charge in [-0.2, -0.15) is 0 Å². The van der Waals surface area contributed by atoms with Crippen LogP contribution in [0.15, 0.2) is 22.7 Å². The maximum Gasteiger partial charge on any atom is 0.248 e. The van der Waals surface area contributed by atoms with E-state index in [9.17, 15) is 8.78 Å². The van der Waals surface area contributed by atoms with E-state index in [-0.39, 0.29) is 18.8 Å². The standard InChI is InChI=1S/C14H16Br2F2O/c15-8-11-4-1-5-12(16)13(11)19-9-10-3-2-6-14(17,18)7-10/h1,4-5,10H,2-3,6-9H2. The highest BCUT2D eigenvalue weighted by atomic mass is 79.9. The van der Waals surface area contributed by atoms with Crippen LogP contribution in [0.4, 0.5) is 8.78 Å². The summed E-state index contributed by atoms with van der Waals surface area (Å²) in [6, 6.07) is 5.80. The molecule has 1 saturated carbocycles. The molecule has 0 aliphatic heterocycles. The third-order valence-corrected chi connectivity index (χ3v) is 4.63. The molecule has 5 heteroatoms. The molecule has 1 aliphatic rings. The lowest BCUT2D eigenvalue weighted by atomic mass is 9.87. The number of para-hydroxylation sites is 1. The molecule has 0 bridgehead atoms. The predicted molar refractivity (Wildman–Crippen MR) is 79.2 cm³/mol. The average Bonchev–Trinajstić information content (AvgIpc) is 2.36. The third-order valence-electron chi connectivity index (χ3n) is 3.40. The summed E-state index contributed by atoms with van der Waals surface area (Å²) < 4.78 is 33.3. The largest absolute Gasteiger partial charge is 0.492 e. The lowest BCUT2D eigenvalue weighted by Crippen LogP contribution is -2.29. The van der Waals surface area contributed by atoms with Crippen LogP contribution in [0.25, 0.3) is 0 Å². The molecule has 0 N–H and O–H groups in total. The molecule has 0 spiro atoms. The Bertz CT molecular complexity index is 437. The molecule has 106 valence electrons. The van der Waals surface area contributed by atoms with Crippen molar-refractivity contribution in [2.75, 3.05) is 6.61 Å². The number of alkyl halides is 3. The Hall–Kier alpha value is -0.160. The fourth-order valence-electron chi connectivity index (χ4n) is 2.44. The second kappa shape index (κ2) is 6.53. The SMILES string of the molecule is FC1(F)CCCC(COc2c(Br)cccc2CBr)C1. The summed E-state index contributed by atoms with van der Waals surface area (Å²) in [5.41, 5.74) is 1.02. The molecule has 1 aromatic carbocycles. The molecule has 0 radical (unpaired) electrons. The van der Waals surface area contributed by atoms with Crippen molar-refractivity contribution >= 4 is 31.9 Å². The van der Waals surface area contributed by atoms with Crippen LogP contribution in [0.5, 0.6) is 5.75 Å². The summed E-state index contributed by atoms with van der Waals surface area (Å²) in [6.45, 7) is 0.359. The van der Waals surface area contributed by atoms with E-state index in [1.165, 1.54) is 0 Å². The molecule has 0 saturated heterocycles. The van der Waals surface area contributed by atoms with Crippen molar-refractivity contribution < 1.29 is 13.5 Å². The van der Waals surface area contributed by atoms with Crippen LogP contribution in [0.2, 0.25) is 0 Å². The zero-order valence-electron chi connectivity index (χ0n) is 10.5. The van der Waals surface area contributed by atoms with E-state index in [1.807, 2.05) is 18.2 Å². The van der Waals surface area contributed by atoms with Gasteiger partial charge in [-0.3, -0.25) is 0 Å². The van der Waals surface area contributed by atoms with Crippen LogP contribution in [0, 0.1) is 5.92 Å². The number of hydrogen-bond acceptors (Lipinski definition) is 1. The van der Waals surface area contributed by atoms with Gasteiger partial charge in [0.1, 0.15) is 5.75 Å². The van der Waals surface area contributed by atoms with E-state index in [4.69, 9.17) is 4.74 Å². The molecule has 1 unspecified atom stereocenters. The Morgan fingerprint density at radius 3 is 2.84 bits per heavy atom. The first-order chi connectivity index (χ1) is 9.02. The minimum Gasteiger partial charge on any atom is -0.492 e. The molecular weight excluding hydrogens is 382 g/mol. The van der Waals surface area contributed by atoms with Gasteiger partial charge in [0.25, 0.3) is 0 Å². The number of hydrogen-bond donors (Lipinski definition) is 0. The van der Waals surface area contributed by atoms with Gasteiger partial charge in [0.05, 0.1) is 11.1 Å². The van der Waals surface area contributed by atoms with Crippen LogP contribution in [0.3, 0.4) is 0 Å². The van der Waals surface area contributed by atoms with Gasteiger partial charge < -0.3 is 4.74 Å². The van der Waals surface area contributed by atoms with Crippen LogP contribution < -0.4 is 4.74 Å². The Morgan fingerprint density at radius 1 is 1.37 bits per heavy atom. The smallest absolute Gasteiger partial charge is 0.248 e. The molecule has 1 atom stereocenters. The highest BCUT2D eigenvalue weighted by Crippen LogP contribution is 2.38. The topological polar surface area (TPSA) is 9.23 Å². The van der Waals surface area contributed by atoms with E-state index < -0.39 is 5.92 Å². The lowest BCUT2D eigenvalue weighted by molar-refractivity contribution is -0.0586.